The summed E-state index contributed by atoms with van der Waals surface area (Å²) in [6.45, 7) is 2.01. The monoisotopic (exact) mass is 433 g/mol. The van der Waals surface area contributed by atoms with E-state index in [0.29, 0.717) is 12.1 Å². The van der Waals surface area contributed by atoms with Crippen LogP contribution in [-0.4, -0.2) is 47.1 Å². The van der Waals surface area contributed by atoms with Crippen molar-refractivity contribution in [3.05, 3.63) is 83.1 Å². The Labute approximate surface area is 189 Å². The minimum Gasteiger partial charge on any atom is -0.387 e. The molecule has 3 aliphatic rings. The van der Waals surface area contributed by atoms with E-state index in [0.717, 1.165) is 36.9 Å². The first-order chi connectivity index (χ1) is 15.6. The van der Waals surface area contributed by atoms with Crippen LogP contribution in [-0.2, 0) is 9.59 Å². The molecule has 1 fully saturated rings. The Balaban J connectivity index is 0.000000300. The van der Waals surface area contributed by atoms with Crippen molar-refractivity contribution in [3.8, 4) is 0 Å². The molecule has 0 bridgehead atoms. The van der Waals surface area contributed by atoms with Gasteiger partial charge in [-0.2, -0.15) is 0 Å². The molecule has 6 nitrogen and oxygen atoms in total. The van der Waals surface area contributed by atoms with Crippen molar-refractivity contribution in [2.24, 2.45) is 0 Å². The lowest BCUT2D eigenvalue weighted by Crippen LogP contribution is -2.54. The molecule has 3 atom stereocenters. The molecule has 2 aliphatic heterocycles. The van der Waals surface area contributed by atoms with Crippen molar-refractivity contribution in [3.63, 3.8) is 0 Å². The third kappa shape index (κ3) is 4.55. The van der Waals surface area contributed by atoms with Crippen LogP contribution in [0.2, 0.25) is 0 Å². The number of carbonyl (C=O) groups excluding carboxylic acids is 2. The van der Waals surface area contributed by atoms with Gasteiger partial charge in [-0.1, -0.05) is 79.1 Å². The molecule has 3 N–H and O–H groups in total. The fourth-order valence-corrected chi connectivity index (χ4v) is 4.99. The third-order valence-corrected chi connectivity index (χ3v) is 6.47. The van der Waals surface area contributed by atoms with E-state index in [9.17, 15) is 14.7 Å². The Hall–Kier alpha value is -3.12. The number of hydrogen-bond acceptors (Lipinski definition) is 4. The number of nitrogens with zero attached hydrogens (tertiary/aromatic N) is 1. The summed E-state index contributed by atoms with van der Waals surface area (Å²) >= 11 is 0. The number of benzene rings is 2. The number of aliphatic hydroxyl groups is 1. The van der Waals surface area contributed by atoms with Gasteiger partial charge in [0.1, 0.15) is 6.61 Å². The molecule has 2 amide bonds. The maximum absolute atomic E-state index is 12.7. The molecule has 0 spiro atoms. The van der Waals surface area contributed by atoms with Crippen molar-refractivity contribution < 1.29 is 14.7 Å². The van der Waals surface area contributed by atoms with Crippen LogP contribution < -0.4 is 10.6 Å². The topological polar surface area (TPSA) is 81.7 Å². The number of aliphatic hydroxyl groups excluding tert-OH is 1. The van der Waals surface area contributed by atoms with Gasteiger partial charge in [0.05, 0.1) is 24.2 Å². The summed E-state index contributed by atoms with van der Waals surface area (Å²) in [5.41, 5.74) is 3.73. The van der Waals surface area contributed by atoms with E-state index in [1.54, 1.807) is 4.90 Å². The van der Waals surface area contributed by atoms with Gasteiger partial charge >= 0.3 is 0 Å². The zero-order valence-corrected chi connectivity index (χ0v) is 18.5. The number of amides is 2. The Morgan fingerprint density at radius 1 is 1.03 bits per heavy atom. The van der Waals surface area contributed by atoms with E-state index >= 15 is 0 Å². The summed E-state index contributed by atoms with van der Waals surface area (Å²) in [6, 6.07) is 19.6. The van der Waals surface area contributed by atoms with Crippen LogP contribution in [0.25, 0.3) is 0 Å². The number of carbonyl (C=O) groups is 2. The van der Waals surface area contributed by atoms with E-state index in [1.807, 2.05) is 48.5 Å². The molecule has 32 heavy (non-hydrogen) atoms. The van der Waals surface area contributed by atoms with Crippen molar-refractivity contribution in [1.82, 2.24) is 15.5 Å². The lowest BCUT2D eigenvalue weighted by atomic mass is 9.87. The minimum absolute atomic E-state index is 0.0167. The van der Waals surface area contributed by atoms with E-state index in [2.05, 4.69) is 29.7 Å². The molecular weight excluding hydrogens is 402 g/mol. The molecule has 168 valence electrons. The highest BCUT2D eigenvalue weighted by Gasteiger charge is 2.45. The lowest BCUT2D eigenvalue weighted by Gasteiger charge is -2.42. The van der Waals surface area contributed by atoms with E-state index in [4.69, 9.17) is 0 Å². The molecule has 2 aromatic carbocycles. The van der Waals surface area contributed by atoms with Crippen molar-refractivity contribution in [2.45, 2.75) is 50.7 Å². The van der Waals surface area contributed by atoms with Gasteiger partial charge in [0.2, 0.25) is 5.91 Å². The molecule has 5 rings (SSSR count). The molecule has 1 aliphatic carbocycles. The van der Waals surface area contributed by atoms with Crippen LogP contribution in [0.4, 0.5) is 0 Å². The van der Waals surface area contributed by atoms with Crippen molar-refractivity contribution in [1.29, 1.82) is 0 Å². The van der Waals surface area contributed by atoms with Gasteiger partial charge in [-0.15, -0.1) is 0 Å². The largest absolute Gasteiger partial charge is 0.387 e. The maximum atomic E-state index is 12.7. The quantitative estimate of drug-likeness (QED) is 0.680. The number of aryl methyl sites for hydroxylation is 1. The van der Waals surface area contributed by atoms with E-state index < -0.39 is 12.6 Å². The van der Waals surface area contributed by atoms with Crippen LogP contribution >= 0.6 is 0 Å². The van der Waals surface area contributed by atoms with Gasteiger partial charge in [-0.05, 0) is 25.3 Å². The summed E-state index contributed by atoms with van der Waals surface area (Å²) in [6.07, 6.45) is 4.01. The van der Waals surface area contributed by atoms with Crippen LogP contribution in [0, 0.1) is 6.92 Å². The minimum atomic E-state index is -0.545. The van der Waals surface area contributed by atoms with Gasteiger partial charge in [0.15, 0.2) is 0 Å². The fourth-order valence-electron chi connectivity index (χ4n) is 4.99. The molecule has 6 heteroatoms. The van der Waals surface area contributed by atoms with Gasteiger partial charge in [-0.3, -0.25) is 9.59 Å². The standard InChI is InChI=1S/C19H23N3O3.C7H8/c23-11-16(24)22-15-9-5-4-8-13(15)21-14-10-20-19(25)17(14)18(22)12-6-2-1-3-7-12;1-7-5-3-2-4-6-7/h1-3,6-7,13,15,18,21,23H,4-5,8-11H2,(H,20,25);2-6H,1H3/t13-,15-,18-;/m1./s1. The second kappa shape index (κ2) is 10.0. The highest BCUT2D eigenvalue weighted by molar-refractivity contribution is 5.99. The first-order valence-electron chi connectivity index (χ1n) is 11.4. The molecule has 0 unspecified atom stereocenters. The molecule has 2 heterocycles. The smallest absolute Gasteiger partial charge is 0.251 e. The SMILES string of the molecule is Cc1ccccc1.O=C1NCC2=C1[C@@H](c1ccccc1)N(C(=O)CO)[C@@H]1CCCC[C@H]1N2. The summed E-state index contributed by atoms with van der Waals surface area (Å²) in [4.78, 5) is 27.1. The predicted octanol–water partition coefficient (Wildman–Crippen LogP) is 2.84. The average molecular weight is 434 g/mol. The highest BCUT2D eigenvalue weighted by Crippen LogP contribution is 2.40. The first-order valence-corrected chi connectivity index (χ1v) is 11.4. The summed E-state index contributed by atoms with van der Waals surface area (Å²) in [7, 11) is 0. The average Bonchev–Trinajstić information content (AvgIpc) is 3.10. The van der Waals surface area contributed by atoms with Crippen LogP contribution in [0.1, 0.15) is 42.9 Å². The van der Waals surface area contributed by atoms with Crippen LogP contribution in [0.5, 0.6) is 0 Å². The summed E-state index contributed by atoms with van der Waals surface area (Å²) < 4.78 is 0. The second-order valence-corrected chi connectivity index (χ2v) is 8.60. The predicted molar refractivity (Wildman–Crippen MR) is 124 cm³/mol. The molecular formula is C26H31N3O3. The van der Waals surface area contributed by atoms with E-state index in [1.165, 1.54) is 5.56 Å². The molecule has 0 aromatic heterocycles. The van der Waals surface area contributed by atoms with Gasteiger partial charge in [-0.25, -0.2) is 0 Å². The summed E-state index contributed by atoms with van der Waals surface area (Å²) in [5, 5.41) is 16.0. The van der Waals surface area contributed by atoms with Crippen molar-refractivity contribution in [2.75, 3.05) is 13.2 Å². The van der Waals surface area contributed by atoms with Crippen LogP contribution in [0.3, 0.4) is 0 Å². The Morgan fingerprint density at radius 3 is 2.31 bits per heavy atom. The number of nitrogens with one attached hydrogen (secondary N) is 2. The zero-order chi connectivity index (χ0) is 22.5. The maximum Gasteiger partial charge on any atom is 0.251 e. The highest BCUT2D eigenvalue weighted by atomic mass is 16.3. The normalized spacial score (nSPS) is 24.2. The molecule has 0 radical (unpaired) electrons. The Morgan fingerprint density at radius 2 is 1.69 bits per heavy atom. The third-order valence-electron chi connectivity index (χ3n) is 6.47. The Kier molecular flexibility index (Phi) is 6.90. The Bertz CT molecular complexity index is 974. The molecule has 0 saturated heterocycles. The van der Waals surface area contributed by atoms with Crippen molar-refractivity contribution >= 4 is 11.8 Å². The number of rotatable bonds is 2. The molecule has 2 aromatic rings. The lowest BCUT2D eigenvalue weighted by molar-refractivity contribution is -0.140. The zero-order valence-electron chi connectivity index (χ0n) is 18.5. The molecule has 1 saturated carbocycles. The van der Waals surface area contributed by atoms with Crippen LogP contribution in [0.15, 0.2) is 71.9 Å². The summed E-state index contributed by atoms with van der Waals surface area (Å²) in [5.74, 6) is -0.452. The van der Waals surface area contributed by atoms with Gasteiger partial charge in [0, 0.05) is 11.7 Å². The van der Waals surface area contributed by atoms with Gasteiger partial charge in [0.25, 0.3) is 5.91 Å². The van der Waals surface area contributed by atoms with E-state index in [-0.39, 0.29) is 23.9 Å². The second-order valence-electron chi connectivity index (χ2n) is 8.60. The number of hydrogen-bond donors (Lipinski definition) is 3. The van der Waals surface area contributed by atoms with Gasteiger partial charge < -0.3 is 20.6 Å². The first kappa shape index (κ1) is 22.1. The number of fused-ring (bicyclic) bond motifs is 1. The fraction of sp³-hybridized carbons (Fsp3) is 0.385.